The Hall–Kier alpha value is -2.07. The van der Waals surface area contributed by atoms with E-state index in [-0.39, 0.29) is 5.91 Å². The van der Waals surface area contributed by atoms with E-state index in [1.165, 1.54) is 0 Å². The van der Waals surface area contributed by atoms with Gasteiger partial charge >= 0.3 is 0 Å². The van der Waals surface area contributed by atoms with Gasteiger partial charge in [0.25, 0.3) is 5.91 Å². The first-order valence-electron chi connectivity index (χ1n) is 6.91. The van der Waals surface area contributed by atoms with Gasteiger partial charge in [0.1, 0.15) is 5.82 Å². The summed E-state index contributed by atoms with van der Waals surface area (Å²) in [5.74, 6) is 0.587. The molecule has 0 aliphatic carbocycles. The molecule has 0 atom stereocenters. The molecule has 0 bridgehead atoms. The highest BCUT2D eigenvalue weighted by Gasteiger charge is 2.06. The van der Waals surface area contributed by atoms with Crippen LogP contribution in [0.15, 0.2) is 42.6 Å². The third-order valence-electron chi connectivity index (χ3n) is 2.92. The molecule has 4 nitrogen and oxygen atoms in total. The third kappa shape index (κ3) is 4.76. The van der Waals surface area contributed by atoms with E-state index in [2.05, 4.69) is 22.5 Å². The first-order valence-corrected chi connectivity index (χ1v) is 7.29. The first-order chi connectivity index (χ1) is 10.2. The number of benzene rings is 1. The molecule has 0 spiro atoms. The van der Waals surface area contributed by atoms with Crippen LogP contribution in [0.4, 0.5) is 5.82 Å². The normalized spacial score (nSPS) is 10.2. The summed E-state index contributed by atoms with van der Waals surface area (Å²) in [6.45, 7) is 3.36. The van der Waals surface area contributed by atoms with E-state index in [4.69, 9.17) is 11.6 Å². The SMILES string of the molecule is CCCNc1cc(C(=O)NCc2cccc(Cl)c2)ccn1. The van der Waals surface area contributed by atoms with Gasteiger partial charge in [0, 0.05) is 29.9 Å². The molecular formula is C16H18ClN3O. The zero-order valence-corrected chi connectivity index (χ0v) is 12.7. The van der Waals surface area contributed by atoms with Gasteiger partial charge in [0.15, 0.2) is 0 Å². The van der Waals surface area contributed by atoms with Crippen molar-refractivity contribution >= 4 is 23.3 Å². The highest BCUT2D eigenvalue weighted by molar-refractivity contribution is 6.30. The lowest BCUT2D eigenvalue weighted by atomic mass is 10.2. The zero-order chi connectivity index (χ0) is 15.1. The number of halogens is 1. The van der Waals surface area contributed by atoms with Crippen LogP contribution in [0.2, 0.25) is 5.02 Å². The molecule has 1 aromatic heterocycles. The van der Waals surface area contributed by atoms with Gasteiger partial charge in [-0.3, -0.25) is 4.79 Å². The standard InChI is InChI=1S/C16H18ClN3O/c1-2-7-18-15-10-13(6-8-19-15)16(21)20-11-12-4-3-5-14(17)9-12/h3-6,8-10H,2,7,11H2,1H3,(H,18,19)(H,20,21). The van der Waals surface area contributed by atoms with Crippen LogP contribution >= 0.6 is 11.6 Å². The van der Waals surface area contributed by atoms with Crippen LogP contribution in [0.5, 0.6) is 0 Å². The Labute approximate surface area is 129 Å². The van der Waals surface area contributed by atoms with Gasteiger partial charge in [-0.05, 0) is 36.2 Å². The molecular weight excluding hydrogens is 286 g/mol. The average Bonchev–Trinajstić information content (AvgIpc) is 2.51. The Morgan fingerprint density at radius 2 is 2.14 bits per heavy atom. The number of carbonyl (C=O) groups excluding carboxylic acids is 1. The fourth-order valence-corrected chi connectivity index (χ4v) is 2.07. The number of amides is 1. The van der Waals surface area contributed by atoms with Gasteiger partial charge in [-0.1, -0.05) is 30.7 Å². The minimum absolute atomic E-state index is 0.128. The lowest BCUT2D eigenvalue weighted by molar-refractivity contribution is 0.0951. The molecule has 0 aliphatic heterocycles. The second kappa shape index (κ2) is 7.64. The minimum Gasteiger partial charge on any atom is -0.370 e. The zero-order valence-electron chi connectivity index (χ0n) is 11.9. The van der Waals surface area contributed by atoms with Crippen molar-refractivity contribution in [1.82, 2.24) is 10.3 Å². The molecule has 2 rings (SSSR count). The number of aromatic nitrogens is 1. The van der Waals surface area contributed by atoms with Crippen LogP contribution in [0.3, 0.4) is 0 Å². The number of nitrogens with one attached hydrogen (secondary N) is 2. The summed E-state index contributed by atoms with van der Waals surface area (Å²) in [5, 5.41) is 6.70. The number of pyridine rings is 1. The second-order valence-electron chi connectivity index (χ2n) is 4.67. The molecule has 0 aliphatic rings. The van der Waals surface area contributed by atoms with Crippen molar-refractivity contribution in [2.24, 2.45) is 0 Å². The predicted molar refractivity (Wildman–Crippen MR) is 85.6 cm³/mol. The van der Waals surface area contributed by atoms with Gasteiger partial charge in [0.2, 0.25) is 0 Å². The van der Waals surface area contributed by atoms with Crippen LogP contribution in [0.1, 0.15) is 29.3 Å². The Kier molecular flexibility index (Phi) is 5.58. The molecule has 0 saturated carbocycles. The van der Waals surface area contributed by atoms with Crippen molar-refractivity contribution in [3.8, 4) is 0 Å². The number of rotatable bonds is 6. The summed E-state index contributed by atoms with van der Waals surface area (Å²) in [6.07, 6.45) is 2.64. The fraction of sp³-hybridized carbons (Fsp3) is 0.250. The molecule has 0 saturated heterocycles. The van der Waals surface area contributed by atoms with E-state index >= 15 is 0 Å². The van der Waals surface area contributed by atoms with E-state index in [1.54, 1.807) is 24.4 Å². The smallest absolute Gasteiger partial charge is 0.251 e. The van der Waals surface area contributed by atoms with Crippen molar-refractivity contribution < 1.29 is 4.79 Å². The van der Waals surface area contributed by atoms with Crippen LogP contribution < -0.4 is 10.6 Å². The second-order valence-corrected chi connectivity index (χ2v) is 5.11. The Morgan fingerprint density at radius 1 is 1.29 bits per heavy atom. The van der Waals surface area contributed by atoms with Gasteiger partial charge in [-0.25, -0.2) is 4.98 Å². The van der Waals surface area contributed by atoms with Gasteiger partial charge in [-0.15, -0.1) is 0 Å². The molecule has 2 aromatic rings. The predicted octanol–water partition coefficient (Wildman–Crippen LogP) is 3.49. The molecule has 110 valence electrons. The molecule has 0 radical (unpaired) electrons. The summed E-state index contributed by atoms with van der Waals surface area (Å²) < 4.78 is 0. The van der Waals surface area contributed by atoms with E-state index < -0.39 is 0 Å². The first kappa shape index (κ1) is 15.3. The highest BCUT2D eigenvalue weighted by Crippen LogP contribution is 2.11. The minimum atomic E-state index is -0.128. The highest BCUT2D eigenvalue weighted by atomic mass is 35.5. The number of nitrogens with zero attached hydrogens (tertiary/aromatic N) is 1. The maximum Gasteiger partial charge on any atom is 0.251 e. The number of carbonyl (C=O) groups is 1. The van der Waals surface area contributed by atoms with Gasteiger partial charge in [-0.2, -0.15) is 0 Å². The van der Waals surface area contributed by atoms with Crippen molar-refractivity contribution in [2.45, 2.75) is 19.9 Å². The molecule has 1 amide bonds. The van der Waals surface area contributed by atoms with E-state index in [1.807, 2.05) is 18.2 Å². The molecule has 5 heteroatoms. The third-order valence-corrected chi connectivity index (χ3v) is 3.16. The van der Waals surface area contributed by atoms with E-state index in [0.717, 1.165) is 18.5 Å². The fourth-order valence-electron chi connectivity index (χ4n) is 1.85. The Balaban J connectivity index is 1.96. The maximum absolute atomic E-state index is 12.1. The number of hydrogen-bond acceptors (Lipinski definition) is 3. The molecule has 1 heterocycles. The van der Waals surface area contributed by atoms with Crippen LogP contribution in [-0.2, 0) is 6.54 Å². The van der Waals surface area contributed by atoms with Gasteiger partial charge < -0.3 is 10.6 Å². The summed E-state index contributed by atoms with van der Waals surface area (Å²) in [4.78, 5) is 16.3. The lowest BCUT2D eigenvalue weighted by Gasteiger charge is -2.08. The average molecular weight is 304 g/mol. The molecule has 1 aromatic carbocycles. The quantitative estimate of drug-likeness (QED) is 0.859. The van der Waals surface area contributed by atoms with Crippen molar-refractivity contribution in [3.05, 3.63) is 58.7 Å². The van der Waals surface area contributed by atoms with E-state index in [0.29, 0.717) is 22.9 Å². The molecule has 0 unspecified atom stereocenters. The molecule has 21 heavy (non-hydrogen) atoms. The number of anilines is 1. The van der Waals surface area contributed by atoms with E-state index in [9.17, 15) is 4.79 Å². The van der Waals surface area contributed by atoms with Crippen LogP contribution in [0, 0.1) is 0 Å². The Morgan fingerprint density at radius 3 is 2.90 bits per heavy atom. The maximum atomic E-state index is 12.1. The van der Waals surface area contributed by atoms with Crippen LogP contribution in [-0.4, -0.2) is 17.4 Å². The number of hydrogen-bond donors (Lipinski definition) is 2. The summed E-state index contributed by atoms with van der Waals surface area (Å²) in [7, 11) is 0. The summed E-state index contributed by atoms with van der Waals surface area (Å²) >= 11 is 5.92. The van der Waals surface area contributed by atoms with Crippen LogP contribution in [0.25, 0.3) is 0 Å². The van der Waals surface area contributed by atoms with Crippen molar-refractivity contribution in [3.63, 3.8) is 0 Å². The molecule has 2 N–H and O–H groups in total. The Bertz CT molecular complexity index is 616. The summed E-state index contributed by atoms with van der Waals surface area (Å²) in [6, 6.07) is 10.9. The van der Waals surface area contributed by atoms with Crippen molar-refractivity contribution in [1.29, 1.82) is 0 Å². The van der Waals surface area contributed by atoms with Crippen molar-refractivity contribution in [2.75, 3.05) is 11.9 Å². The largest absolute Gasteiger partial charge is 0.370 e. The lowest BCUT2D eigenvalue weighted by Crippen LogP contribution is -2.23. The topological polar surface area (TPSA) is 54.0 Å². The monoisotopic (exact) mass is 303 g/mol. The summed E-state index contributed by atoms with van der Waals surface area (Å²) in [5.41, 5.74) is 1.56. The van der Waals surface area contributed by atoms with Gasteiger partial charge in [0.05, 0.1) is 0 Å². The molecule has 0 fully saturated rings.